The van der Waals surface area contributed by atoms with Crippen LogP contribution in [0.2, 0.25) is 0 Å². The highest BCUT2D eigenvalue weighted by Crippen LogP contribution is 2.27. The zero-order valence-corrected chi connectivity index (χ0v) is 19.1. The highest BCUT2D eigenvalue weighted by Gasteiger charge is 2.19. The van der Waals surface area contributed by atoms with Gasteiger partial charge in [0.15, 0.2) is 0 Å². The molecule has 2 N–H and O–H groups in total. The molecule has 0 saturated heterocycles. The first-order valence-corrected chi connectivity index (χ1v) is 11.3. The Morgan fingerprint density at radius 1 is 1.21 bits per heavy atom. The van der Waals surface area contributed by atoms with E-state index >= 15 is 0 Å². The smallest absolute Gasteiger partial charge is 0.303 e. The topological polar surface area (TPSA) is 98.5 Å². The molecule has 3 heterocycles. The maximum atomic E-state index is 11.4. The number of carboxylic acid groups (broad SMARTS) is 1. The maximum absolute atomic E-state index is 11.4. The van der Waals surface area contributed by atoms with Gasteiger partial charge in [0.2, 0.25) is 5.88 Å². The van der Waals surface area contributed by atoms with Crippen LogP contribution in [0.25, 0.3) is 0 Å². The van der Waals surface area contributed by atoms with Gasteiger partial charge in [0, 0.05) is 31.8 Å². The second-order valence-electron chi connectivity index (χ2n) is 8.31. The summed E-state index contributed by atoms with van der Waals surface area (Å²) in [6.07, 6.45) is 3.45. The van der Waals surface area contributed by atoms with E-state index in [4.69, 9.17) is 14.5 Å². The SMILES string of the molecule is COc1ccc(C(CC(=O)O)Cc2cc(OCCc3ccc4c(n3)NCCC4)n(C)n2)cc1. The molecule has 4 rings (SSSR count). The van der Waals surface area contributed by atoms with E-state index in [0.29, 0.717) is 25.3 Å². The van der Waals surface area contributed by atoms with Crippen molar-refractivity contribution in [2.45, 2.75) is 38.0 Å². The van der Waals surface area contributed by atoms with E-state index in [1.165, 1.54) is 5.56 Å². The highest BCUT2D eigenvalue weighted by molar-refractivity contribution is 5.68. The van der Waals surface area contributed by atoms with Crippen LogP contribution in [0.5, 0.6) is 11.6 Å². The molecule has 1 atom stereocenters. The Morgan fingerprint density at radius 2 is 2.03 bits per heavy atom. The summed E-state index contributed by atoms with van der Waals surface area (Å²) < 4.78 is 12.9. The Kier molecular flexibility index (Phi) is 7.12. The van der Waals surface area contributed by atoms with Gasteiger partial charge in [0.25, 0.3) is 0 Å². The first-order chi connectivity index (χ1) is 16.0. The van der Waals surface area contributed by atoms with Crippen molar-refractivity contribution in [2.24, 2.45) is 7.05 Å². The maximum Gasteiger partial charge on any atom is 0.303 e. The number of carbonyl (C=O) groups is 1. The molecule has 1 aliphatic rings. The van der Waals surface area contributed by atoms with Crippen molar-refractivity contribution in [1.29, 1.82) is 0 Å². The van der Waals surface area contributed by atoms with Gasteiger partial charge in [-0.05, 0) is 54.5 Å². The predicted octanol–water partition coefficient (Wildman–Crippen LogP) is 3.60. The number of hydrogen-bond acceptors (Lipinski definition) is 6. The first kappa shape index (κ1) is 22.6. The summed E-state index contributed by atoms with van der Waals surface area (Å²) in [4.78, 5) is 16.2. The fourth-order valence-corrected chi connectivity index (χ4v) is 4.16. The number of carboxylic acids is 1. The van der Waals surface area contributed by atoms with Gasteiger partial charge in [-0.25, -0.2) is 9.67 Å². The number of nitrogens with zero attached hydrogens (tertiary/aromatic N) is 3. The molecule has 1 aliphatic heterocycles. The molecular formula is C25H30N4O4. The molecule has 0 aliphatic carbocycles. The standard InChI is InChI=1S/C25H30N4O4/c1-29-23(33-13-11-20-8-5-18-4-3-12-26-25(18)27-20)16-21(28-29)14-19(15-24(30)31)17-6-9-22(32-2)10-7-17/h5-10,16,19H,3-4,11-15H2,1-2H3,(H,26,27)(H,30,31). The van der Waals surface area contributed by atoms with Crippen LogP contribution in [0.15, 0.2) is 42.5 Å². The largest absolute Gasteiger partial charge is 0.497 e. The first-order valence-electron chi connectivity index (χ1n) is 11.3. The van der Waals surface area contributed by atoms with E-state index in [1.807, 2.05) is 37.4 Å². The lowest BCUT2D eigenvalue weighted by molar-refractivity contribution is -0.137. The normalized spacial score (nSPS) is 13.6. The Hall–Kier alpha value is -3.55. The van der Waals surface area contributed by atoms with Gasteiger partial charge in [-0.2, -0.15) is 5.10 Å². The zero-order chi connectivity index (χ0) is 23.2. The molecule has 1 aromatic carbocycles. The van der Waals surface area contributed by atoms with Crippen molar-refractivity contribution < 1.29 is 19.4 Å². The number of benzene rings is 1. The number of fused-ring (bicyclic) bond motifs is 1. The summed E-state index contributed by atoms with van der Waals surface area (Å²) in [6, 6.07) is 13.6. The Bertz CT molecular complexity index is 1090. The van der Waals surface area contributed by atoms with E-state index < -0.39 is 5.97 Å². The molecule has 174 valence electrons. The van der Waals surface area contributed by atoms with Crippen molar-refractivity contribution in [2.75, 3.05) is 25.6 Å². The van der Waals surface area contributed by atoms with E-state index in [-0.39, 0.29) is 12.3 Å². The summed E-state index contributed by atoms with van der Waals surface area (Å²) in [6.45, 7) is 1.46. The minimum atomic E-state index is -0.838. The number of rotatable bonds is 10. The quantitative estimate of drug-likeness (QED) is 0.487. The third kappa shape index (κ3) is 5.83. The summed E-state index contributed by atoms with van der Waals surface area (Å²) in [7, 11) is 3.44. The second-order valence-corrected chi connectivity index (χ2v) is 8.31. The number of anilines is 1. The zero-order valence-electron chi connectivity index (χ0n) is 19.1. The van der Waals surface area contributed by atoms with Crippen molar-refractivity contribution >= 4 is 11.8 Å². The number of ether oxygens (including phenoxy) is 2. The number of nitrogens with one attached hydrogen (secondary N) is 1. The molecule has 0 amide bonds. The van der Waals surface area contributed by atoms with Gasteiger partial charge in [-0.3, -0.25) is 4.79 Å². The summed E-state index contributed by atoms with van der Waals surface area (Å²) in [5, 5.41) is 17.3. The molecule has 1 unspecified atom stereocenters. The molecule has 2 aromatic heterocycles. The highest BCUT2D eigenvalue weighted by atomic mass is 16.5. The minimum Gasteiger partial charge on any atom is -0.497 e. The summed E-state index contributed by atoms with van der Waals surface area (Å²) in [5.74, 6) is 1.36. The minimum absolute atomic E-state index is 0.0249. The van der Waals surface area contributed by atoms with Crippen molar-refractivity contribution in [3.05, 3.63) is 65.0 Å². The van der Waals surface area contributed by atoms with Crippen molar-refractivity contribution in [1.82, 2.24) is 14.8 Å². The fourth-order valence-electron chi connectivity index (χ4n) is 4.16. The molecule has 0 saturated carbocycles. The van der Waals surface area contributed by atoms with Gasteiger partial charge < -0.3 is 19.9 Å². The van der Waals surface area contributed by atoms with Crippen LogP contribution >= 0.6 is 0 Å². The predicted molar refractivity (Wildman–Crippen MR) is 125 cm³/mol. The van der Waals surface area contributed by atoms with Crippen LogP contribution < -0.4 is 14.8 Å². The number of hydrogen-bond donors (Lipinski definition) is 2. The lowest BCUT2D eigenvalue weighted by Gasteiger charge is -2.17. The number of aliphatic carboxylic acids is 1. The van der Waals surface area contributed by atoms with Gasteiger partial charge in [0.1, 0.15) is 11.6 Å². The van der Waals surface area contributed by atoms with E-state index in [2.05, 4.69) is 22.5 Å². The number of aromatic nitrogens is 3. The van der Waals surface area contributed by atoms with Crippen molar-refractivity contribution in [3.8, 4) is 11.6 Å². The van der Waals surface area contributed by atoms with Gasteiger partial charge in [-0.15, -0.1) is 0 Å². The molecule has 0 spiro atoms. The Morgan fingerprint density at radius 3 is 2.79 bits per heavy atom. The lowest BCUT2D eigenvalue weighted by atomic mass is 9.91. The molecular weight excluding hydrogens is 420 g/mol. The average molecular weight is 451 g/mol. The molecule has 8 heteroatoms. The second kappa shape index (κ2) is 10.4. The Balaban J connectivity index is 1.38. The summed E-state index contributed by atoms with van der Waals surface area (Å²) in [5.41, 5.74) is 4.01. The average Bonchev–Trinajstić information content (AvgIpc) is 3.17. The van der Waals surface area contributed by atoms with Gasteiger partial charge in [0.05, 0.1) is 25.8 Å². The number of pyridine rings is 1. The molecule has 8 nitrogen and oxygen atoms in total. The molecule has 0 radical (unpaired) electrons. The molecule has 0 bridgehead atoms. The number of aryl methyl sites for hydroxylation is 2. The number of methoxy groups -OCH3 is 1. The van der Waals surface area contributed by atoms with Crippen LogP contribution in [0, 0.1) is 0 Å². The van der Waals surface area contributed by atoms with Crippen LogP contribution in [0.3, 0.4) is 0 Å². The fraction of sp³-hybridized carbons (Fsp3) is 0.400. The van der Waals surface area contributed by atoms with Crippen LogP contribution in [-0.2, 0) is 31.1 Å². The summed E-state index contributed by atoms with van der Waals surface area (Å²) >= 11 is 0. The van der Waals surface area contributed by atoms with Crippen LogP contribution in [0.1, 0.15) is 41.3 Å². The molecule has 3 aromatic rings. The van der Waals surface area contributed by atoms with Gasteiger partial charge >= 0.3 is 5.97 Å². The van der Waals surface area contributed by atoms with Crippen LogP contribution in [-0.4, -0.2) is 46.1 Å². The van der Waals surface area contributed by atoms with E-state index in [0.717, 1.165) is 47.9 Å². The van der Waals surface area contributed by atoms with E-state index in [1.54, 1.807) is 11.8 Å². The third-order valence-corrected chi connectivity index (χ3v) is 5.91. The third-order valence-electron chi connectivity index (χ3n) is 5.91. The van der Waals surface area contributed by atoms with E-state index in [9.17, 15) is 9.90 Å². The van der Waals surface area contributed by atoms with Crippen LogP contribution in [0.4, 0.5) is 5.82 Å². The Labute approximate surface area is 193 Å². The lowest BCUT2D eigenvalue weighted by Crippen LogP contribution is -2.14. The van der Waals surface area contributed by atoms with Crippen molar-refractivity contribution in [3.63, 3.8) is 0 Å². The molecule has 0 fully saturated rings. The monoisotopic (exact) mass is 450 g/mol. The van der Waals surface area contributed by atoms with Gasteiger partial charge in [-0.1, -0.05) is 18.2 Å². The molecule has 33 heavy (non-hydrogen) atoms.